The van der Waals surface area contributed by atoms with E-state index >= 15 is 0 Å². The summed E-state index contributed by atoms with van der Waals surface area (Å²) >= 11 is 0. The third-order valence-electron chi connectivity index (χ3n) is 6.57. The van der Waals surface area contributed by atoms with Gasteiger partial charge in [0.2, 0.25) is 0 Å². The molecule has 0 spiro atoms. The normalized spacial score (nSPS) is 25.4. The molecule has 3 aliphatic heterocycles. The monoisotopic (exact) mass is 447 g/mol. The van der Waals surface area contributed by atoms with Gasteiger partial charge in [-0.1, -0.05) is 12.1 Å². The number of ether oxygens (including phenoxy) is 2. The predicted octanol–water partition coefficient (Wildman–Crippen LogP) is 2.18. The van der Waals surface area contributed by atoms with Crippen LogP contribution in [0.5, 0.6) is 0 Å². The SMILES string of the molecule is CCNC(=NCCCN1CCN(c2ccccc2F)CC1)N1CCOC(C2CCCO2)C1. The standard InChI is InChI=1S/C24H38FN5O2/c1-2-26-24(30-16-18-32-23(19-30)22-9-5-17-31-22)27-10-6-11-28-12-14-29(15-13-28)21-8-4-3-7-20(21)25/h3-4,7-8,22-23H,2,5-6,9-19H2,1H3,(H,26,27). The van der Waals surface area contributed by atoms with E-state index < -0.39 is 0 Å². The molecule has 3 aliphatic rings. The average Bonchev–Trinajstić information content (AvgIpc) is 3.37. The fourth-order valence-electron chi connectivity index (χ4n) is 4.81. The summed E-state index contributed by atoms with van der Waals surface area (Å²) in [7, 11) is 0. The van der Waals surface area contributed by atoms with Crippen LogP contribution in [0.4, 0.5) is 10.1 Å². The number of hydrogen-bond acceptors (Lipinski definition) is 5. The second-order valence-electron chi connectivity index (χ2n) is 8.78. The molecule has 1 aromatic rings. The Balaban J connectivity index is 1.21. The Morgan fingerprint density at radius 3 is 2.66 bits per heavy atom. The smallest absolute Gasteiger partial charge is 0.194 e. The molecule has 1 aromatic carbocycles. The van der Waals surface area contributed by atoms with Gasteiger partial charge in [0.05, 0.1) is 18.4 Å². The number of hydrogen-bond donors (Lipinski definition) is 1. The first kappa shape index (κ1) is 23.3. The van der Waals surface area contributed by atoms with Crippen molar-refractivity contribution in [1.82, 2.24) is 15.1 Å². The second kappa shape index (κ2) is 11.8. The summed E-state index contributed by atoms with van der Waals surface area (Å²) < 4.78 is 25.9. The van der Waals surface area contributed by atoms with Crippen molar-refractivity contribution >= 4 is 11.6 Å². The van der Waals surface area contributed by atoms with E-state index in [2.05, 4.69) is 26.9 Å². The zero-order chi connectivity index (χ0) is 22.2. The van der Waals surface area contributed by atoms with Crippen LogP contribution in [0.3, 0.4) is 0 Å². The molecule has 0 bridgehead atoms. The van der Waals surface area contributed by atoms with Gasteiger partial charge in [-0.05, 0) is 38.3 Å². The highest BCUT2D eigenvalue weighted by atomic mass is 19.1. The van der Waals surface area contributed by atoms with Crippen LogP contribution in [0.15, 0.2) is 29.3 Å². The fraction of sp³-hybridized carbons (Fsp3) is 0.708. The molecule has 4 rings (SSSR count). The number of guanidine groups is 1. The van der Waals surface area contributed by atoms with E-state index in [1.165, 1.54) is 0 Å². The molecule has 0 aliphatic carbocycles. The molecule has 3 fully saturated rings. The minimum absolute atomic E-state index is 0.129. The highest BCUT2D eigenvalue weighted by molar-refractivity contribution is 5.80. The third-order valence-corrected chi connectivity index (χ3v) is 6.57. The van der Waals surface area contributed by atoms with Crippen LogP contribution in [0.25, 0.3) is 0 Å². The molecule has 1 N–H and O–H groups in total. The largest absolute Gasteiger partial charge is 0.375 e. The second-order valence-corrected chi connectivity index (χ2v) is 8.78. The molecule has 0 radical (unpaired) electrons. The van der Waals surface area contributed by atoms with Crippen molar-refractivity contribution in [3.63, 3.8) is 0 Å². The van der Waals surface area contributed by atoms with Crippen LogP contribution >= 0.6 is 0 Å². The Morgan fingerprint density at radius 1 is 1.09 bits per heavy atom. The number of morpholine rings is 1. The van der Waals surface area contributed by atoms with Gasteiger partial charge < -0.3 is 24.6 Å². The van der Waals surface area contributed by atoms with E-state index in [1.54, 1.807) is 12.1 Å². The van der Waals surface area contributed by atoms with Crippen molar-refractivity contribution in [2.75, 3.05) is 77.0 Å². The van der Waals surface area contributed by atoms with E-state index in [1.807, 2.05) is 12.1 Å². The topological polar surface area (TPSA) is 52.6 Å². The van der Waals surface area contributed by atoms with Crippen LogP contribution in [0, 0.1) is 5.82 Å². The highest BCUT2D eigenvalue weighted by Crippen LogP contribution is 2.22. The molecule has 2 unspecified atom stereocenters. The van der Waals surface area contributed by atoms with Crippen LogP contribution in [0.2, 0.25) is 0 Å². The van der Waals surface area contributed by atoms with Gasteiger partial charge >= 0.3 is 0 Å². The molecule has 178 valence electrons. The molecule has 7 nitrogen and oxygen atoms in total. The molecular weight excluding hydrogens is 409 g/mol. The maximum absolute atomic E-state index is 14.0. The van der Waals surface area contributed by atoms with Crippen molar-refractivity contribution in [1.29, 1.82) is 0 Å². The maximum Gasteiger partial charge on any atom is 0.194 e. The molecular formula is C24H38FN5O2. The minimum Gasteiger partial charge on any atom is -0.375 e. The summed E-state index contributed by atoms with van der Waals surface area (Å²) in [5.74, 6) is 0.860. The van der Waals surface area contributed by atoms with Gasteiger partial charge in [0.15, 0.2) is 5.96 Å². The molecule has 0 saturated carbocycles. The number of benzene rings is 1. The first-order valence-corrected chi connectivity index (χ1v) is 12.2. The minimum atomic E-state index is -0.129. The van der Waals surface area contributed by atoms with E-state index in [0.29, 0.717) is 0 Å². The van der Waals surface area contributed by atoms with Gasteiger partial charge in [-0.15, -0.1) is 0 Å². The highest BCUT2D eigenvalue weighted by Gasteiger charge is 2.32. The summed E-state index contributed by atoms with van der Waals surface area (Å²) in [6, 6.07) is 7.06. The number of nitrogens with zero attached hydrogens (tertiary/aromatic N) is 4. The van der Waals surface area contributed by atoms with Gasteiger partial charge in [0.25, 0.3) is 0 Å². The molecule has 8 heteroatoms. The lowest BCUT2D eigenvalue weighted by Gasteiger charge is -2.37. The fourth-order valence-corrected chi connectivity index (χ4v) is 4.81. The summed E-state index contributed by atoms with van der Waals surface area (Å²) in [6.07, 6.45) is 3.61. The molecule has 32 heavy (non-hydrogen) atoms. The Hall–Kier alpha value is -1.90. The zero-order valence-corrected chi connectivity index (χ0v) is 19.3. The number of rotatable bonds is 7. The average molecular weight is 448 g/mol. The summed E-state index contributed by atoms with van der Waals surface area (Å²) in [6.45, 7) is 11.7. The van der Waals surface area contributed by atoms with Crippen LogP contribution in [-0.2, 0) is 9.47 Å². The lowest BCUT2D eigenvalue weighted by molar-refractivity contribution is -0.0817. The summed E-state index contributed by atoms with van der Waals surface area (Å²) in [5.41, 5.74) is 0.721. The van der Waals surface area contributed by atoms with Crippen molar-refractivity contribution in [2.24, 2.45) is 4.99 Å². The third kappa shape index (κ3) is 6.11. The lowest BCUT2D eigenvalue weighted by Crippen LogP contribution is -2.53. The van der Waals surface area contributed by atoms with Gasteiger partial charge in [0, 0.05) is 65.5 Å². The number of anilines is 1. The number of piperazine rings is 1. The van der Waals surface area contributed by atoms with E-state index in [-0.39, 0.29) is 18.0 Å². The first-order chi connectivity index (χ1) is 15.7. The number of aliphatic imine (C=N–C) groups is 1. The maximum atomic E-state index is 14.0. The van der Waals surface area contributed by atoms with Crippen molar-refractivity contribution in [2.45, 2.75) is 38.4 Å². The van der Waals surface area contributed by atoms with Crippen LogP contribution < -0.4 is 10.2 Å². The van der Waals surface area contributed by atoms with Crippen LogP contribution in [-0.4, -0.2) is 100 Å². The first-order valence-electron chi connectivity index (χ1n) is 12.2. The van der Waals surface area contributed by atoms with Gasteiger partial charge in [-0.2, -0.15) is 0 Å². The van der Waals surface area contributed by atoms with Gasteiger partial charge in [-0.25, -0.2) is 4.39 Å². The number of halogens is 1. The number of nitrogens with one attached hydrogen (secondary N) is 1. The van der Waals surface area contributed by atoms with E-state index in [9.17, 15) is 4.39 Å². The predicted molar refractivity (Wildman–Crippen MR) is 126 cm³/mol. The molecule has 0 aromatic heterocycles. The van der Waals surface area contributed by atoms with E-state index in [4.69, 9.17) is 14.5 Å². The van der Waals surface area contributed by atoms with Crippen molar-refractivity contribution < 1.29 is 13.9 Å². The van der Waals surface area contributed by atoms with Crippen molar-refractivity contribution in [3.05, 3.63) is 30.1 Å². The van der Waals surface area contributed by atoms with Crippen LogP contribution in [0.1, 0.15) is 26.2 Å². The van der Waals surface area contributed by atoms with Gasteiger partial charge in [-0.3, -0.25) is 9.89 Å². The zero-order valence-electron chi connectivity index (χ0n) is 19.3. The summed E-state index contributed by atoms with van der Waals surface area (Å²) in [5, 5.41) is 3.45. The molecule has 3 heterocycles. The van der Waals surface area contributed by atoms with E-state index in [0.717, 1.165) is 103 Å². The van der Waals surface area contributed by atoms with Gasteiger partial charge in [0.1, 0.15) is 11.9 Å². The Bertz CT molecular complexity index is 735. The van der Waals surface area contributed by atoms with Crippen molar-refractivity contribution in [3.8, 4) is 0 Å². The lowest BCUT2D eigenvalue weighted by atomic mass is 10.1. The molecule has 2 atom stereocenters. The molecule has 3 saturated heterocycles. The Kier molecular flexibility index (Phi) is 8.59. The molecule has 0 amide bonds. The Labute approximate surface area is 191 Å². The number of para-hydroxylation sites is 1. The quantitative estimate of drug-likeness (QED) is 0.393. The Morgan fingerprint density at radius 2 is 1.91 bits per heavy atom. The summed E-state index contributed by atoms with van der Waals surface area (Å²) in [4.78, 5) is 11.8.